The third-order valence-electron chi connectivity index (χ3n) is 3.05. The molecule has 1 heterocycles. The fourth-order valence-electron chi connectivity index (χ4n) is 1.84. The summed E-state index contributed by atoms with van der Waals surface area (Å²) in [5.41, 5.74) is 2.54. The minimum Gasteiger partial charge on any atom is -0.396 e. The number of nitrogens with one attached hydrogen (secondary N) is 2. The Labute approximate surface area is 134 Å². The van der Waals surface area contributed by atoms with Gasteiger partial charge in [0.25, 0.3) is 5.91 Å². The van der Waals surface area contributed by atoms with E-state index in [-0.39, 0.29) is 12.5 Å². The van der Waals surface area contributed by atoms with Crippen molar-refractivity contribution in [2.45, 2.75) is 13.0 Å². The van der Waals surface area contributed by atoms with E-state index in [4.69, 9.17) is 16.7 Å². The van der Waals surface area contributed by atoms with Crippen LogP contribution in [0.1, 0.15) is 22.3 Å². The smallest absolute Gasteiger partial charge is 0.251 e. The lowest BCUT2D eigenvalue weighted by Gasteiger charge is -2.08. The predicted molar refractivity (Wildman–Crippen MR) is 87.1 cm³/mol. The Morgan fingerprint density at radius 2 is 1.95 bits per heavy atom. The fraction of sp³-hybridized carbons (Fsp3) is 0.250. The van der Waals surface area contributed by atoms with Crippen molar-refractivity contribution in [3.8, 4) is 0 Å². The Hall–Kier alpha value is -2.11. The highest BCUT2D eigenvalue weighted by Gasteiger charge is 2.04. The molecule has 3 N–H and O–H groups in total. The average Bonchev–Trinajstić information content (AvgIpc) is 2.55. The van der Waals surface area contributed by atoms with Crippen molar-refractivity contribution in [2.24, 2.45) is 0 Å². The molecule has 2 rings (SSSR count). The number of benzene rings is 1. The number of carbonyl (C=O) groups excluding carboxylic acids is 1. The molecule has 0 radical (unpaired) electrons. The molecule has 6 heteroatoms. The van der Waals surface area contributed by atoms with E-state index < -0.39 is 0 Å². The second-order valence-electron chi connectivity index (χ2n) is 4.75. The van der Waals surface area contributed by atoms with Gasteiger partial charge >= 0.3 is 0 Å². The summed E-state index contributed by atoms with van der Waals surface area (Å²) in [5.74, 6) is -0.137. The van der Waals surface area contributed by atoms with Crippen LogP contribution in [-0.4, -0.2) is 29.1 Å². The van der Waals surface area contributed by atoms with Gasteiger partial charge in [-0.2, -0.15) is 0 Å². The lowest BCUT2D eigenvalue weighted by molar-refractivity contribution is 0.0951. The van der Waals surface area contributed by atoms with Crippen LogP contribution in [0.2, 0.25) is 5.15 Å². The molecule has 22 heavy (non-hydrogen) atoms. The van der Waals surface area contributed by atoms with E-state index in [9.17, 15) is 4.79 Å². The number of aromatic nitrogens is 1. The monoisotopic (exact) mass is 319 g/mol. The molecular weight excluding hydrogens is 302 g/mol. The molecule has 5 nitrogen and oxygen atoms in total. The number of carbonyl (C=O) groups is 1. The first-order valence-electron chi connectivity index (χ1n) is 7.02. The van der Waals surface area contributed by atoms with Crippen LogP contribution >= 0.6 is 11.6 Å². The van der Waals surface area contributed by atoms with Gasteiger partial charge in [0.15, 0.2) is 0 Å². The first-order chi connectivity index (χ1) is 10.7. The van der Waals surface area contributed by atoms with Crippen LogP contribution in [0, 0.1) is 0 Å². The number of hydrogen-bond donors (Lipinski definition) is 3. The first-order valence-corrected chi connectivity index (χ1v) is 7.40. The Kier molecular flexibility index (Phi) is 6.18. The number of nitrogens with zero attached hydrogens (tertiary/aromatic N) is 1. The third kappa shape index (κ3) is 5.02. The predicted octanol–water partition coefficient (Wildman–Crippen LogP) is 2.46. The summed E-state index contributed by atoms with van der Waals surface area (Å²) in [6.07, 6.45) is 2.28. The molecule has 1 aromatic carbocycles. The van der Waals surface area contributed by atoms with E-state index in [1.54, 1.807) is 24.4 Å². The second-order valence-corrected chi connectivity index (χ2v) is 5.14. The highest BCUT2D eigenvalue weighted by molar-refractivity contribution is 6.29. The molecular formula is C16H18ClN3O2. The van der Waals surface area contributed by atoms with Gasteiger partial charge in [-0.05, 0) is 42.3 Å². The zero-order valence-corrected chi connectivity index (χ0v) is 12.8. The zero-order valence-electron chi connectivity index (χ0n) is 12.1. The molecule has 0 aliphatic heterocycles. The maximum atomic E-state index is 11.8. The molecule has 0 unspecified atom stereocenters. The normalized spacial score (nSPS) is 10.3. The van der Waals surface area contributed by atoms with Crippen LogP contribution < -0.4 is 10.6 Å². The Morgan fingerprint density at radius 3 is 2.59 bits per heavy atom. The van der Waals surface area contributed by atoms with Gasteiger partial charge in [-0.25, -0.2) is 4.98 Å². The quantitative estimate of drug-likeness (QED) is 0.541. The number of hydrogen-bond acceptors (Lipinski definition) is 4. The minimum atomic E-state index is -0.137. The minimum absolute atomic E-state index is 0.0721. The average molecular weight is 320 g/mol. The van der Waals surface area contributed by atoms with Crippen LogP contribution in [0.3, 0.4) is 0 Å². The molecule has 0 fully saturated rings. The van der Waals surface area contributed by atoms with Gasteiger partial charge in [-0.3, -0.25) is 4.79 Å². The molecule has 0 atom stereocenters. The van der Waals surface area contributed by atoms with Crippen LogP contribution in [0.15, 0.2) is 42.6 Å². The van der Waals surface area contributed by atoms with Gasteiger partial charge in [0.2, 0.25) is 0 Å². The number of halogens is 1. The zero-order chi connectivity index (χ0) is 15.8. The number of anilines is 1. The highest BCUT2D eigenvalue weighted by atomic mass is 35.5. The van der Waals surface area contributed by atoms with Crippen LogP contribution in [0.25, 0.3) is 0 Å². The largest absolute Gasteiger partial charge is 0.396 e. The molecule has 116 valence electrons. The molecule has 0 saturated heterocycles. The molecule has 0 spiro atoms. The van der Waals surface area contributed by atoms with E-state index in [2.05, 4.69) is 15.6 Å². The van der Waals surface area contributed by atoms with Crippen molar-refractivity contribution in [3.63, 3.8) is 0 Å². The van der Waals surface area contributed by atoms with Crippen molar-refractivity contribution in [1.82, 2.24) is 10.3 Å². The van der Waals surface area contributed by atoms with Crippen molar-refractivity contribution < 1.29 is 9.90 Å². The van der Waals surface area contributed by atoms with Gasteiger partial charge in [0.1, 0.15) is 5.15 Å². The summed E-state index contributed by atoms with van der Waals surface area (Å²) in [7, 11) is 0. The summed E-state index contributed by atoms with van der Waals surface area (Å²) >= 11 is 5.74. The lowest BCUT2D eigenvalue weighted by Crippen LogP contribution is -2.24. The third-order valence-corrected chi connectivity index (χ3v) is 3.28. The first kappa shape index (κ1) is 16.3. The second kappa shape index (κ2) is 8.36. The molecule has 1 amide bonds. The van der Waals surface area contributed by atoms with Gasteiger partial charge < -0.3 is 15.7 Å². The van der Waals surface area contributed by atoms with E-state index in [0.717, 1.165) is 11.3 Å². The van der Waals surface area contributed by atoms with E-state index in [0.29, 0.717) is 30.2 Å². The van der Waals surface area contributed by atoms with E-state index >= 15 is 0 Å². The van der Waals surface area contributed by atoms with Crippen molar-refractivity contribution >= 4 is 23.2 Å². The van der Waals surface area contributed by atoms with E-state index in [1.165, 1.54) is 0 Å². The number of aliphatic hydroxyl groups is 1. The summed E-state index contributed by atoms with van der Waals surface area (Å²) in [6, 6.07) is 10.9. The summed E-state index contributed by atoms with van der Waals surface area (Å²) in [6.45, 7) is 1.17. The fourth-order valence-corrected chi connectivity index (χ4v) is 1.95. The highest BCUT2D eigenvalue weighted by Crippen LogP contribution is 2.12. The van der Waals surface area contributed by atoms with Crippen molar-refractivity contribution in [1.29, 1.82) is 0 Å². The van der Waals surface area contributed by atoms with Crippen molar-refractivity contribution in [2.75, 3.05) is 18.5 Å². The summed E-state index contributed by atoms with van der Waals surface area (Å²) in [4.78, 5) is 15.8. The maximum absolute atomic E-state index is 11.8. The van der Waals surface area contributed by atoms with Gasteiger partial charge in [-0.15, -0.1) is 0 Å². The number of aliphatic hydroxyl groups excluding tert-OH is 1. The van der Waals surface area contributed by atoms with Crippen LogP contribution in [0.5, 0.6) is 0 Å². The molecule has 0 aliphatic rings. The Morgan fingerprint density at radius 1 is 1.18 bits per heavy atom. The molecule has 1 aromatic heterocycles. The van der Waals surface area contributed by atoms with Gasteiger partial charge in [0.05, 0.1) is 0 Å². The molecule has 0 saturated carbocycles. The molecule has 2 aromatic rings. The molecule has 0 aliphatic carbocycles. The Bertz CT molecular complexity index is 600. The summed E-state index contributed by atoms with van der Waals surface area (Å²) < 4.78 is 0. The Balaban J connectivity index is 1.86. The van der Waals surface area contributed by atoms with Gasteiger partial charge in [0, 0.05) is 37.1 Å². The number of pyridine rings is 1. The van der Waals surface area contributed by atoms with Crippen LogP contribution in [0.4, 0.5) is 5.69 Å². The lowest BCUT2D eigenvalue weighted by atomic mass is 10.2. The van der Waals surface area contributed by atoms with Gasteiger partial charge in [-0.1, -0.05) is 17.7 Å². The standard InChI is InChI=1S/C16H18ClN3O2/c17-15-7-2-12(11-20-15)10-19-14-5-3-13(4-6-14)16(22)18-8-1-9-21/h2-7,11,19,21H,1,8-10H2,(H,18,22). The SMILES string of the molecule is O=C(NCCCO)c1ccc(NCc2ccc(Cl)nc2)cc1. The van der Waals surface area contributed by atoms with E-state index in [1.807, 2.05) is 18.2 Å². The maximum Gasteiger partial charge on any atom is 0.251 e. The van der Waals surface area contributed by atoms with Crippen LogP contribution in [-0.2, 0) is 6.54 Å². The number of rotatable bonds is 7. The summed E-state index contributed by atoms with van der Waals surface area (Å²) in [5, 5.41) is 15.1. The molecule has 0 bridgehead atoms. The topological polar surface area (TPSA) is 74.2 Å². The van der Waals surface area contributed by atoms with Crippen molar-refractivity contribution in [3.05, 3.63) is 58.9 Å². The number of amides is 1.